The van der Waals surface area contributed by atoms with Crippen molar-refractivity contribution in [2.75, 3.05) is 6.54 Å². The molecular formula is C10H7Br2NO. The van der Waals surface area contributed by atoms with Gasteiger partial charge in [-0.05, 0) is 18.2 Å². The molecule has 1 aromatic rings. The van der Waals surface area contributed by atoms with Gasteiger partial charge in [-0.1, -0.05) is 37.8 Å². The fourth-order valence-corrected chi connectivity index (χ4v) is 2.21. The van der Waals surface area contributed by atoms with Gasteiger partial charge in [0.25, 0.3) is 5.91 Å². The van der Waals surface area contributed by atoms with Crippen LogP contribution in [0.4, 0.5) is 0 Å². The first-order valence-electron chi connectivity index (χ1n) is 3.81. The van der Waals surface area contributed by atoms with Crippen LogP contribution >= 0.6 is 31.9 Å². The minimum Gasteiger partial charge on any atom is -0.341 e. The van der Waals surface area contributed by atoms with Crippen LogP contribution in [0, 0.1) is 12.3 Å². The summed E-state index contributed by atoms with van der Waals surface area (Å²) < 4.78 is 1.69. The van der Waals surface area contributed by atoms with Crippen LogP contribution in [0.25, 0.3) is 0 Å². The van der Waals surface area contributed by atoms with Crippen LogP contribution in [0.2, 0.25) is 0 Å². The van der Waals surface area contributed by atoms with Gasteiger partial charge < -0.3 is 5.32 Å². The van der Waals surface area contributed by atoms with Crippen molar-refractivity contribution >= 4 is 37.8 Å². The van der Waals surface area contributed by atoms with E-state index >= 15 is 0 Å². The molecule has 72 valence electrons. The van der Waals surface area contributed by atoms with Crippen LogP contribution in [0.15, 0.2) is 27.1 Å². The standard InChI is InChI=1S/C10H7Br2NO/c1-2-3-13-10(14)7-4-8(11)6-9(12)5-7/h1,4-6H,3H2,(H,13,14). The van der Waals surface area contributed by atoms with Crippen molar-refractivity contribution in [2.24, 2.45) is 0 Å². The first-order chi connectivity index (χ1) is 6.63. The highest BCUT2D eigenvalue weighted by Crippen LogP contribution is 2.19. The maximum absolute atomic E-state index is 11.5. The second kappa shape index (κ2) is 5.18. The average Bonchev–Trinajstić information content (AvgIpc) is 2.12. The Hall–Kier alpha value is -0.790. The van der Waals surface area contributed by atoms with Crippen LogP contribution in [-0.2, 0) is 0 Å². The van der Waals surface area contributed by atoms with Gasteiger partial charge >= 0.3 is 0 Å². The predicted octanol–water partition coefficient (Wildman–Crippen LogP) is 2.57. The van der Waals surface area contributed by atoms with E-state index in [1.165, 1.54) is 0 Å². The fraction of sp³-hybridized carbons (Fsp3) is 0.100. The number of amides is 1. The van der Waals surface area contributed by atoms with Crippen LogP contribution in [-0.4, -0.2) is 12.5 Å². The Kier molecular flexibility index (Phi) is 4.18. The number of nitrogens with one attached hydrogen (secondary N) is 1. The molecule has 0 aliphatic rings. The average molecular weight is 317 g/mol. The Morgan fingerprint density at radius 1 is 1.36 bits per heavy atom. The van der Waals surface area contributed by atoms with Crippen molar-refractivity contribution < 1.29 is 4.79 Å². The summed E-state index contributed by atoms with van der Waals surface area (Å²) in [5.74, 6) is 2.17. The molecule has 0 bridgehead atoms. The van der Waals surface area contributed by atoms with Gasteiger partial charge in [-0.25, -0.2) is 0 Å². The zero-order valence-corrected chi connectivity index (χ0v) is 10.4. The Bertz CT molecular complexity index is 375. The number of hydrogen-bond acceptors (Lipinski definition) is 1. The maximum atomic E-state index is 11.5. The van der Waals surface area contributed by atoms with Crippen molar-refractivity contribution in [1.29, 1.82) is 0 Å². The van der Waals surface area contributed by atoms with Crippen molar-refractivity contribution in [3.05, 3.63) is 32.7 Å². The predicted molar refractivity (Wildman–Crippen MR) is 63.0 cm³/mol. The van der Waals surface area contributed by atoms with Crippen LogP contribution in [0.3, 0.4) is 0 Å². The molecule has 1 rings (SSSR count). The van der Waals surface area contributed by atoms with Crippen molar-refractivity contribution in [2.45, 2.75) is 0 Å². The van der Waals surface area contributed by atoms with Crippen LogP contribution in [0.5, 0.6) is 0 Å². The molecule has 0 saturated carbocycles. The smallest absolute Gasteiger partial charge is 0.252 e. The highest BCUT2D eigenvalue weighted by molar-refractivity contribution is 9.11. The number of hydrogen-bond donors (Lipinski definition) is 1. The first kappa shape index (κ1) is 11.3. The summed E-state index contributed by atoms with van der Waals surface area (Å²) in [5, 5.41) is 2.59. The summed E-state index contributed by atoms with van der Waals surface area (Å²) in [6.45, 7) is 0.239. The number of carbonyl (C=O) groups excluding carboxylic acids is 1. The van der Waals surface area contributed by atoms with E-state index in [1.807, 2.05) is 6.07 Å². The van der Waals surface area contributed by atoms with Crippen LogP contribution in [0.1, 0.15) is 10.4 Å². The molecule has 0 radical (unpaired) electrons. The molecule has 0 aliphatic carbocycles. The van der Waals surface area contributed by atoms with Crippen molar-refractivity contribution in [3.8, 4) is 12.3 Å². The summed E-state index contributed by atoms with van der Waals surface area (Å²) in [7, 11) is 0. The fourth-order valence-electron chi connectivity index (χ4n) is 0.918. The molecule has 1 aromatic carbocycles. The molecule has 0 fully saturated rings. The molecule has 2 nitrogen and oxygen atoms in total. The highest BCUT2D eigenvalue weighted by Gasteiger charge is 2.05. The lowest BCUT2D eigenvalue weighted by Crippen LogP contribution is -2.23. The lowest BCUT2D eigenvalue weighted by molar-refractivity contribution is 0.0958. The molecule has 0 saturated heterocycles. The van der Waals surface area contributed by atoms with E-state index in [0.29, 0.717) is 5.56 Å². The molecule has 0 atom stereocenters. The van der Waals surface area contributed by atoms with Gasteiger partial charge in [0, 0.05) is 14.5 Å². The number of benzene rings is 1. The third-order valence-corrected chi connectivity index (χ3v) is 2.39. The SMILES string of the molecule is C#CCNC(=O)c1cc(Br)cc(Br)c1. The van der Waals surface area contributed by atoms with E-state index in [-0.39, 0.29) is 12.5 Å². The van der Waals surface area contributed by atoms with Gasteiger partial charge in [0.2, 0.25) is 0 Å². The monoisotopic (exact) mass is 315 g/mol. The maximum Gasteiger partial charge on any atom is 0.252 e. The van der Waals surface area contributed by atoms with E-state index in [1.54, 1.807) is 12.1 Å². The summed E-state index contributed by atoms with van der Waals surface area (Å²) in [6, 6.07) is 5.32. The Morgan fingerprint density at radius 2 is 1.93 bits per heavy atom. The zero-order chi connectivity index (χ0) is 10.6. The Balaban J connectivity index is 2.85. The molecule has 0 aromatic heterocycles. The Labute approximate surface area is 99.3 Å². The van der Waals surface area contributed by atoms with Crippen molar-refractivity contribution in [1.82, 2.24) is 5.32 Å². The molecule has 0 heterocycles. The van der Waals surface area contributed by atoms with Gasteiger partial charge in [0.05, 0.1) is 6.54 Å². The lowest BCUT2D eigenvalue weighted by atomic mass is 10.2. The normalized spacial score (nSPS) is 9.21. The third-order valence-electron chi connectivity index (χ3n) is 1.48. The third kappa shape index (κ3) is 3.17. The molecular weight excluding hydrogens is 310 g/mol. The minimum absolute atomic E-state index is 0.176. The number of halogens is 2. The molecule has 0 spiro atoms. The van der Waals surface area contributed by atoms with Gasteiger partial charge in [0.1, 0.15) is 0 Å². The molecule has 1 amide bonds. The van der Waals surface area contributed by atoms with Gasteiger partial charge in [-0.15, -0.1) is 6.42 Å². The van der Waals surface area contributed by atoms with Gasteiger partial charge in [0.15, 0.2) is 0 Å². The topological polar surface area (TPSA) is 29.1 Å². The minimum atomic E-state index is -0.176. The Morgan fingerprint density at radius 3 is 2.43 bits per heavy atom. The number of terminal acetylenes is 1. The van der Waals surface area contributed by atoms with E-state index in [9.17, 15) is 4.79 Å². The number of carbonyl (C=O) groups is 1. The summed E-state index contributed by atoms with van der Waals surface area (Å²) in [6.07, 6.45) is 5.03. The summed E-state index contributed by atoms with van der Waals surface area (Å²) in [4.78, 5) is 11.5. The second-order valence-electron chi connectivity index (χ2n) is 2.54. The van der Waals surface area contributed by atoms with Gasteiger partial charge in [-0.2, -0.15) is 0 Å². The van der Waals surface area contributed by atoms with Gasteiger partial charge in [-0.3, -0.25) is 4.79 Å². The zero-order valence-electron chi connectivity index (χ0n) is 7.18. The van der Waals surface area contributed by atoms with E-state index in [0.717, 1.165) is 8.95 Å². The largest absolute Gasteiger partial charge is 0.341 e. The quantitative estimate of drug-likeness (QED) is 0.835. The molecule has 0 aliphatic heterocycles. The first-order valence-corrected chi connectivity index (χ1v) is 5.40. The highest BCUT2D eigenvalue weighted by atomic mass is 79.9. The van der Waals surface area contributed by atoms with E-state index < -0.39 is 0 Å². The lowest BCUT2D eigenvalue weighted by Gasteiger charge is -2.02. The number of rotatable bonds is 2. The van der Waals surface area contributed by atoms with Crippen LogP contribution < -0.4 is 5.32 Å². The molecule has 14 heavy (non-hydrogen) atoms. The van der Waals surface area contributed by atoms with E-state index in [2.05, 4.69) is 43.1 Å². The van der Waals surface area contributed by atoms with E-state index in [4.69, 9.17) is 6.42 Å². The molecule has 4 heteroatoms. The van der Waals surface area contributed by atoms with Crippen molar-refractivity contribution in [3.63, 3.8) is 0 Å². The molecule has 0 unspecified atom stereocenters. The summed E-state index contributed by atoms with van der Waals surface area (Å²) in [5.41, 5.74) is 0.571. The second-order valence-corrected chi connectivity index (χ2v) is 4.38. The molecule has 1 N–H and O–H groups in total. The summed E-state index contributed by atoms with van der Waals surface area (Å²) >= 11 is 6.60.